The number of hydrogen-bond donors (Lipinski definition) is 1. The van der Waals surface area contributed by atoms with Crippen molar-refractivity contribution in [3.63, 3.8) is 0 Å². The van der Waals surface area contributed by atoms with E-state index in [1.54, 1.807) is 30.3 Å². The fourth-order valence-electron chi connectivity index (χ4n) is 2.02. The number of pyridine rings is 1. The number of aliphatic hydroxyl groups is 1. The maximum atomic E-state index is 12.0. The van der Waals surface area contributed by atoms with E-state index in [0.29, 0.717) is 22.1 Å². The largest absolute Gasteiger partial charge is 0.491 e. The lowest BCUT2D eigenvalue weighted by atomic mass is 10.1. The minimum Gasteiger partial charge on any atom is -0.491 e. The first-order valence-electron chi connectivity index (χ1n) is 8.13. The summed E-state index contributed by atoms with van der Waals surface area (Å²) in [5, 5.41) is 10.6. The highest BCUT2D eigenvalue weighted by Gasteiger charge is 2.17. The number of thioether (sulfide) groups is 1. The Bertz CT molecular complexity index is 866. The van der Waals surface area contributed by atoms with Gasteiger partial charge in [-0.3, -0.25) is 4.79 Å². The molecule has 1 atom stereocenters. The Morgan fingerprint density at radius 2 is 1.89 bits per heavy atom. The van der Waals surface area contributed by atoms with Crippen LogP contribution in [0.2, 0.25) is 0 Å². The molecule has 0 aliphatic rings. The van der Waals surface area contributed by atoms with Gasteiger partial charge in [0, 0.05) is 31.6 Å². The fourth-order valence-corrected chi connectivity index (χ4v) is 3.62. The van der Waals surface area contributed by atoms with Gasteiger partial charge in [-0.1, -0.05) is 0 Å². The molecule has 27 heavy (non-hydrogen) atoms. The molecule has 1 N–H and O–H groups in total. The van der Waals surface area contributed by atoms with Gasteiger partial charge in [0.15, 0.2) is 5.78 Å². The number of sulfonamides is 1. The first-order chi connectivity index (χ1) is 12.7. The monoisotopic (exact) mass is 410 g/mol. The number of carbonyl (C=O) groups is 1. The van der Waals surface area contributed by atoms with Crippen molar-refractivity contribution in [3.8, 4) is 5.75 Å². The zero-order valence-electron chi connectivity index (χ0n) is 15.3. The first kappa shape index (κ1) is 21.4. The second-order valence-corrected chi connectivity index (χ2v) is 9.17. The van der Waals surface area contributed by atoms with Crippen molar-refractivity contribution in [2.75, 3.05) is 26.5 Å². The first-order valence-corrected chi connectivity index (χ1v) is 10.6. The summed E-state index contributed by atoms with van der Waals surface area (Å²) >= 11 is 1.30. The van der Waals surface area contributed by atoms with Gasteiger partial charge in [0.2, 0.25) is 10.0 Å². The van der Waals surface area contributed by atoms with Gasteiger partial charge in [-0.25, -0.2) is 17.7 Å². The molecule has 0 aliphatic carbocycles. The molecule has 0 bridgehead atoms. The Morgan fingerprint density at radius 1 is 1.22 bits per heavy atom. The van der Waals surface area contributed by atoms with Gasteiger partial charge in [0.05, 0.1) is 11.1 Å². The summed E-state index contributed by atoms with van der Waals surface area (Å²) in [7, 11) is -0.581. The molecule has 1 aromatic carbocycles. The molecule has 0 radical (unpaired) electrons. The van der Waals surface area contributed by atoms with E-state index >= 15 is 0 Å². The highest BCUT2D eigenvalue weighted by atomic mass is 32.2. The van der Waals surface area contributed by atoms with E-state index in [4.69, 9.17) is 4.74 Å². The van der Waals surface area contributed by atoms with Crippen LogP contribution >= 0.6 is 11.8 Å². The summed E-state index contributed by atoms with van der Waals surface area (Å²) in [4.78, 5) is 15.5. The number of nitrogens with zero attached hydrogens (tertiary/aromatic N) is 2. The maximum absolute atomic E-state index is 12.0. The Balaban J connectivity index is 1.83. The van der Waals surface area contributed by atoms with E-state index in [0.717, 1.165) is 4.31 Å². The van der Waals surface area contributed by atoms with E-state index in [1.807, 2.05) is 0 Å². The topological polar surface area (TPSA) is 96.8 Å². The molecular weight excluding hydrogens is 388 g/mol. The van der Waals surface area contributed by atoms with Crippen LogP contribution in [-0.2, 0) is 10.0 Å². The van der Waals surface area contributed by atoms with E-state index < -0.39 is 16.1 Å². The number of ether oxygens (including phenoxy) is 1. The Hall–Kier alpha value is -1.94. The predicted octanol–water partition coefficient (Wildman–Crippen LogP) is 2.07. The standard InChI is InChI=1S/C18H22N2O5S2/c1-13(21)14-4-6-16(7-5-14)25-11-15(22)12-26-18-9-8-17(10-19-18)27(23,24)20(2)3/h4-10,15,22H,11-12H2,1-3H3/t15-/m0/s1. The minimum absolute atomic E-state index is 0.0186. The SMILES string of the molecule is CC(=O)c1ccc(OC[C@H](O)CSc2ccc(S(=O)(=O)N(C)C)cn2)cc1. The van der Waals surface area contributed by atoms with Crippen molar-refractivity contribution in [1.82, 2.24) is 9.29 Å². The third-order valence-corrected chi connectivity index (χ3v) is 6.50. The van der Waals surface area contributed by atoms with Gasteiger partial charge in [-0.05, 0) is 43.3 Å². The molecular formula is C18H22N2O5S2. The van der Waals surface area contributed by atoms with Crippen molar-refractivity contribution >= 4 is 27.6 Å². The Kier molecular flexibility index (Phi) is 7.37. The summed E-state index contributed by atoms with van der Waals surface area (Å²) in [6, 6.07) is 9.81. The zero-order chi connectivity index (χ0) is 20.0. The molecule has 2 aromatic rings. The Labute approximate surface area is 163 Å². The van der Waals surface area contributed by atoms with Crippen LogP contribution in [0.3, 0.4) is 0 Å². The van der Waals surface area contributed by atoms with Gasteiger partial charge in [0.25, 0.3) is 0 Å². The molecule has 146 valence electrons. The average molecular weight is 411 g/mol. The van der Waals surface area contributed by atoms with Crippen LogP contribution in [0.25, 0.3) is 0 Å². The van der Waals surface area contributed by atoms with Gasteiger partial charge < -0.3 is 9.84 Å². The molecule has 0 saturated heterocycles. The highest BCUT2D eigenvalue weighted by molar-refractivity contribution is 7.99. The molecule has 0 saturated carbocycles. The van der Waals surface area contributed by atoms with Crippen LogP contribution < -0.4 is 4.74 Å². The molecule has 0 amide bonds. The van der Waals surface area contributed by atoms with Crippen LogP contribution in [0.5, 0.6) is 5.75 Å². The highest BCUT2D eigenvalue weighted by Crippen LogP contribution is 2.20. The number of Topliss-reactive ketones (excluding diaryl/α,β-unsaturated/α-hetero) is 1. The summed E-state index contributed by atoms with van der Waals surface area (Å²) in [5.74, 6) is 0.897. The summed E-state index contributed by atoms with van der Waals surface area (Å²) in [5.41, 5.74) is 0.601. The summed E-state index contributed by atoms with van der Waals surface area (Å²) in [6.45, 7) is 1.59. The number of ketones is 1. The Morgan fingerprint density at radius 3 is 2.41 bits per heavy atom. The fraction of sp³-hybridized carbons (Fsp3) is 0.333. The molecule has 2 rings (SSSR count). The quantitative estimate of drug-likeness (QED) is 0.499. The zero-order valence-corrected chi connectivity index (χ0v) is 17.0. The number of aliphatic hydroxyl groups excluding tert-OH is 1. The number of aromatic nitrogens is 1. The van der Waals surface area contributed by atoms with Crippen LogP contribution in [0.15, 0.2) is 52.5 Å². The molecule has 0 aliphatic heterocycles. The van der Waals surface area contributed by atoms with Crippen molar-refractivity contribution in [2.24, 2.45) is 0 Å². The van der Waals surface area contributed by atoms with Gasteiger partial charge in [-0.2, -0.15) is 0 Å². The molecule has 9 heteroatoms. The third-order valence-electron chi connectivity index (χ3n) is 3.61. The molecule has 0 unspecified atom stereocenters. The molecule has 1 heterocycles. The lowest BCUT2D eigenvalue weighted by molar-refractivity contribution is 0.101. The normalized spacial score (nSPS) is 12.8. The molecule has 0 spiro atoms. The minimum atomic E-state index is -3.50. The van der Waals surface area contributed by atoms with Crippen molar-refractivity contribution in [2.45, 2.75) is 22.9 Å². The predicted molar refractivity (Wildman–Crippen MR) is 104 cm³/mol. The average Bonchev–Trinajstić information content (AvgIpc) is 2.65. The number of carbonyl (C=O) groups excluding carboxylic acids is 1. The number of rotatable bonds is 9. The van der Waals surface area contributed by atoms with Crippen molar-refractivity contribution < 1.29 is 23.1 Å². The second-order valence-electron chi connectivity index (χ2n) is 5.98. The number of benzene rings is 1. The van der Waals surface area contributed by atoms with E-state index in [2.05, 4.69) is 4.98 Å². The lowest BCUT2D eigenvalue weighted by Crippen LogP contribution is -2.22. The van der Waals surface area contributed by atoms with Crippen LogP contribution in [0.1, 0.15) is 17.3 Å². The second kappa shape index (κ2) is 9.32. The number of hydrogen-bond acceptors (Lipinski definition) is 7. The van der Waals surface area contributed by atoms with Crippen molar-refractivity contribution in [1.29, 1.82) is 0 Å². The molecule has 7 nitrogen and oxygen atoms in total. The van der Waals surface area contributed by atoms with E-state index in [1.165, 1.54) is 45.0 Å². The molecule has 0 fully saturated rings. The summed E-state index contributed by atoms with van der Waals surface area (Å²) < 4.78 is 30.6. The van der Waals surface area contributed by atoms with E-state index in [9.17, 15) is 18.3 Å². The molecule has 1 aromatic heterocycles. The smallest absolute Gasteiger partial charge is 0.244 e. The van der Waals surface area contributed by atoms with Gasteiger partial charge >= 0.3 is 0 Å². The van der Waals surface area contributed by atoms with Crippen LogP contribution in [0, 0.1) is 0 Å². The van der Waals surface area contributed by atoms with Crippen LogP contribution in [0.4, 0.5) is 0 Å². The van der Waals surface area contributed by atoms with Crippen LogP contribution in [-0.4, -0.2) is 61.2 Å². The maximum Gasteiger partial charge on any atom is 0.244 e. The van der Waals surface area contributed by atoms with Gasteiger partial charge in [0.1, 0.15) is 17.3 Å². The lowest BCUT2D eigenvalue weighted by Gasteiger charge is -2.13. The summed E-state index contributed by atoms with van der Waals surface area (Å²) in [6.07, 6.45) is 0.575. The van der Waals surface area contributed by atoms with E-state index in [-0.39, 0.29) is 17.3 Å². The third kappa shape index (κ3) is 6.03. The van der Waals surface area contributed by atoms with Gasteiger partial charge in [-0.15, -0.1) is 11.8 Å². The van der Waals surface area contributed by atoms with Crippen molar-refractivity contribution in [3.05, 3.63) is 48.2 Å².